The Balaban J connectivity index is 0.000000523. The van der Waals surface area contributed by atoms with Crippen LogP contribution in [0, 0.1) is 12.1 Å². The topological polar surface area (TPSA) is 71.1 Å². The molecule has 0 aliphatic carbocycles. The van der Waals surface area contributed by atoms with Crippen LogP contribution in [0.3, 0.4) is 0 Å². The van der Waals surface area contributed by atoms with Crippen LogP contribution < -0.4 is 9.47 Å². The van der Waals surface area contributed by atoms with Gasteiger partial charge < -0.3 is 18.9 Å². The number of benzene rings is 2. The molecule has 0 bridgehead atoms. The first-order valence-electron chi connectivity index (χ1n) is 8.68. The van der Waals surface area contributed by atoms with Gasteiger partial charge in [-0.1, -0.05) is 0 Å². The summed E-state index contributed by atoms with van der Waals surface area (Å²) in [5.41, 5.74) is -1.06. The molecule has 2 aromatic rings. The molecule has 6 nitrogen and oxygen atoms in total. The van der Waals surface area contributed by atoms with Gasteiger partial charge in [-0.25, -0.2) is 9.59 Å². The summed E-state index contributed by atoms with van der Waals surface area (Å²) in [6.45, 7) is 10.7. The van der Waals surface area contributed by atoms with Crippen LogP contribution in [0.1, 0.15) is 41.5 Å². The van der Waals surface area contributed by atoms with Crippen LogP contribution in [0.2, 0.25) is 0 Å². The van der Waals surface area contributed by atoms with Crippen molar-refractivity contribution in [3.63, 3.8) is 0 Å². The fourth-order valence-corrected chi connectivity index (χ4v) is 1.61. The van der Waals surface area contributed by atoms with E-state index in [1.807, 2.05) is 0 Å². The molecular formula is C22H26HfO6+2. The first kappa shape index (κ1) is 26.9. The Kier molecular flexibility index (Phi) is 11.5. The van der Waals surface area contributed by atoms with Crippen LogP contribution >= 0.6 is 0 Å². The van der Waals surface area contributed by atoms with E-state index in [1.54, 1.807) is 90.1 Å². The van der Waals surface area contributed by atoms with Crippen molar-refractivity contribution in [1.29, 1.82) is 0 Å². The molecule has 2 rings (SSSR count). The van der Waals surface area contributed by atoms with Gasteiger partial charge in [0.1, 0.15) is 11.2 Å². The largest absolute Gasteiger partial charge is 4.00 e. The van der Waals surface area contributed by atoms with E-state index in [2.05, 4.69) is 12.1 Å². The second kappa shape index (κ2) is 12.4. The van der Waals surface area contributed by atoms with Crippen molar-refractivity contribution >= 4 is 12.3 Å². The molecule has 0 unspecified atom stereocenters. The van der Waals surface area contributed by atoms with Crippen LogP contribution in [0.4, 0.5) is 9.59 Å². The van der Waals surface area contributed by atoms with Gasteiger partial charge >= 0.3 is 38.2 Å². The predicted molar refractivity (Wildman–Crippen MR) is 104 cm³/mol. The molecule has 0 heterocycles. The van der Waals surface area contributed by atoms with Crippen molar-refractivity contribution in [3.8, 4) is 11.5 Å². The first-order valence-corrected chi connectivity index (χ1v) is 8.68. The maximum atomic E-state index is 11.2. The Morgan fingerprint density at radius 1 is 0.655 bits per heavy atom. The van der Waals surface area contributed by atoms with Crippen molar-refractivity contribution in [2.24, 2.45) is 0 Å². The Bertz CT molecular complexity index is 668. The van der Waals surface area contributed by atoms with Crippen LogP contribution in [0.25, 0.3) is 0 Å². The predicted octanol–water partition coefficient (Wildman–Crippen LogP) is 5.60. The Morgan fingerprint density at radius 2 is 0.931 bits per heavy atom. The number of hydrogen-bond acceptors (Lipinski definition) is 6. The minimum absolute atomic E-state index is 0. The van der Waals surface area contributed by atoms with E-state index >= 15 is 0 Å². The average Bonchev–Trinajstić information content (AvgIpc) is 2.53. The molecule has 152 valence electrons. The van der Waals surface area contributed by atoms with Gasteiger partial charge in [0.25, 0.3) is 0 Å². The molecule has 0 radical (unpaired) electrons. The van der Waals surface area contributed by atoms with E-state index in [0.29, 0.717) is 11.5 Å². The molecule has 0 amide bonds. The van der Waals surface area contributed by atoms with Gasteiger partial charge in [-0.15, -0.1) is 24.3 Å². The van der Waals surface area contributed by atoms with E-state index in [4.69, 9.17) is 18.9 Å². The van der Waals surface area contributed by atoms with Gasteiger partial charge in [-0.2, -0.15) is 36.4 Å². The summed E-state index contributed by atoms with van der Waals surface area (Å²) in [7, 11) is 0. The maximum Gasteiger partial charge on any atom is 4.00 e. The van der Waals surface area contributed by atoms with Crippen LogP contribution in [0.15, 0.2) is 48.5 Å². The van der Waals surface area contributed by atoms with Crippen LogP contribution in [-0.2, 0) is 35.3 Å². The van der Waals surface area contributed by atoms with Gasteiger partial charge in [0, 0.05) is 11.5 Å². The molecule has 0 N–H and O–H groups in total. The van der Waals surface area contributed by atoms with Crippen molar-refractivity contribution in [1.82, 2.24) is 0 Å². The van der Waals surface area contributed by atoms with Gasteiger partial charge in [0.05, 0.1) is 0 Å². The molecule has 29 heavy (non-hydrogen) atoms. The molecule has 0 aliphatic rings. The first-order chi connectivity index (χ1) is 12.9. The summed E-state index contributed by atoms with van der Waals surface area (Å²) in [4.78, 5) is 22.3. The summed E-state index contributed by atoms with van der Waals surface area (Å²) >= 11 is 0. The molecule has 0 aromatic heterocycles. The monoisotopic (exact) mass is 566 g/mol. The summed E-state index contributed by atoms with van der Waals surface area (Å²) < 4.78 is 19.8. The van der Waals surface area contributed by atoms with Crippen molar-refractivity contribution in [2.45, 2.75) is 52.7 Å². The Labute approximate surface area is 191 Å². The second-order valence-corrected chi connectivity index (χ2v) is 7.60. The summed E-state index contributed by atoms with van der Waals surface area (Å²) in [6, 6.07) is 18.9. The SMILES string of the molecule is CC(C)(C)OC(=O)Oc1cc[c-]cc1.CC(C)(C)OC(=O)Oc1cc[c-]cc1.[Hf+4]. The number of carbonyl (C=O) groups is 2. The summed E-state index contributed by atoms with van der Waals surface area (Å²) in [5, 5.41) is 0. The fourth-order valence-electron chi connectivity index (χ4n) is 1.61. The zero-order chi connectivity index (χ0) is 21.2. The van der Waals surface area contributed by atoms with E-state index in [-0.39, 0.29) is 25.8 Å². The van der Waals surface area contributed by atoms with Crippen LogP contribution in [-0.4, -0.2) is 23.5 Å². The number of rotatable bonds is 2. The number of hydrogen-bond donors (Lipinski definition) is 0. The van der Waals surface area contributed by atoms with Gasteiger partial charge in [0.2, 0.25) is 0 Å². The molecule has 0 atom stereocenters. The molecule has 0 aliphatic heterocycles. The van der Waals surface area contributed by atoms with Crippen LogP contribution in [0.5, 0.6) is 11.5 Å². The third-order valence-corrected chi connectivity index (χ3v) is 2.56. The third-order valence-electron chi connectivity index (χ3n) is 2.56. The van der Waals surface area contributed by atoms with E-state index in [1.165, 1.54) is 0 Å². The molecule has 0 saturated carbocycles. The number of carbonyl (C=O) groups excluding carboxylic acids is 2. The second-order valence-electron chi connectivity index (χ2n) is 7.60. The smallest absolute Gasteiger partial charge is 0.428 e. The molecule has 0 saturated heterocycles. The van der Waals surface area contributed by atoms with Gasteiger partial charge in [-0.3, -0.25) is 0 Å². The quantitative estimate of drug-likeness (QED) is 0.205. The Morgan fingerprint density at radius 3 is 1.17 bits per heavy atom. The zero-order valence-corrected chi connectivity index (χ0v) is 21.2. The van der Waals surface area contributed by atoms with Gasteiger partial charge in [0.15, 0.2) is 0 Å². The standard InChI is InChI=1S/2C11H13O3.Hf/c2*1-11(2,3)14-10(12)13-9-7-5-4-6-8-9;/h2*5-8H,1-3H3;/q2*-1;+4. The Hall–Kier alpha value is -2.15. The molecule has 0 fully saturated rings. The van der Waals surface area contributed by atoms with Gasteiger partial charge in [-0.05, 0) is 41.5 Å². The number of ether oxygens (including phenoxy) is 4. The average molecular weight is 565 g/mol. The minimum Gasteiger partial charge on any atom is -0.428 e. The van der Waals surface area contributed by atoms with Crippen molar-refractivity contribution < 1.29 is 54.4 Å². The van der Waals surface area contributed by atoms with Crippen molar-refractivity contribution in [2.75, 3.05) is 0 Å². The molecule has 2 aromatic carbocycles. The summed E-state index contributed by atoms with van der Waals surface area (Å²) in [6.07, 6.45) is -1.38. The molecular weight excluding hydrogens is 539 g/mol. The fraction of sp³-hybridized carbons (Fsp3) is 0.364. The van der Waals surface area contributed by atoms with E-state index in [9.17, 15) is 9.59 Å². The maximum absolute atomic E-state index is 11.2. The zero-order valence-electron chi connectivity index (χ0n) is 17.6. The van der Waals surface area contributed by atoms with E-state index < -0.39 is 23.5 Å². The molecule has 7 heteroatoms. The van der Waals surface area contributed by atoms with Crippen molar-refractivity contribution in [3.05, 3.63) is 60.7 Å². The summed E-state index contributed by atoms with van der Waals surface area (Å²) in [5.74, 6) is 0.913. The third kappa shape index (κ3) is 14.5. The normalized spacial score (nSPS) is 10.4. The van der Waals surface area contributed by atoms with E-state index in [0.717, 1.165) is 0 Å². The molecule has 0 spiro atoms. The minimum atomic E-state index is -0.691.